The van der Waals surface area contributed by atoms with Gasteiger partial charge in [-0.15, -0.1) is 11.3 Å². The van der Waals surface area contributed by atoms with Gasteiger partial charge in [0, 0.05) is 17.5 Å². The summed E-state index contributed by atoms with van der Waals surface area (Å²) in [5.74, 6) is -0.284. The molecule has 0 amide bonds. The van der Waals surface area contributed by atoms with Gasteiger partial charge in [-0.05, 0) is 38.0 Å². The van der Waals surface area contributed by atoms with E-state index in [9.17, 15) is 9.50 Å². The molecule has 0 spiro atoms. The lowest BCUT2D eigenvalue weighted by atomic mass is 10.0. The van der Waals surface area contributed by atoms with Gasteiger partial charge in [0.05, 0.1) is 17.3 Å². The summed E-state index contributed by atoms with van der Waals surface area (Å²) in [7, 11) is 0. The molecule has 2 atom stereocenters. The molecule has 1 heterocycles. The molecule has 0 aliphatic rings. The number of thiazole rings is 1. The molecule has 20 heavy (non-hydrogen) atoms. The van der Waals surface area contributed by atoms with Gasteiger partial charge in [-0.2, -0.15) is 0 Å². The highest BCUT2D eigenvalue weighted by Crippen LogP contribution is 2.19. The van der Waals surface area contributed by atoms with Crippen molar-refractivity contribution in [1.82, 2.24) is 10.3 Å². The van der Waals surface area contributed by atoms with Crippen LogP contribution in [-0.4, -0.2) is 16.1 Å². The van der Waals surface area contributed by atoms with Gasteiger partial charge in [-0.3, -0.25) is 0 Å². The van der Waals surface area contributed by atoms with Gasteiger partial charge in [0.15, 0.2) is 0 Å². The van der Waals surface area contributed by atoms with Crippen molar-refractivity contribution in [2.45, 2.75) is 39.0 Å². The Morgan fingerprint density at radius 2 is 2.05 bits per heavy atom. The highest BCUT2D eigenvalue weighted by atomic mass is 32.1. The van der Waals surface area contributed by atoms with E-state index in [2.05, 4.69) is 10.3 Å². The molecule has 0 fully saturated rings. The van der Waals surface area contributed by atoms with Crippen molar-refractivity contribution in [2.75, 3.05) is 0 Å². The quantitative estimate of drug-likeness (QED) is 0.860. The molecule has 0 bridgehead atoms. The Hall–Kier alpha value is -1.30. The molecule has 0 aliphatic carbocycles. The van der Waals surface area contributed by atoms with Crippen LogP contribution in [-0.2, 0) is 6.54 Å². The fourth-order valence-electron chi connectivity index (χ4n) is 2.00. The summed E-state index contributed by atoms with van der Waals surface area (Å²) < 4.78 is 12.8. The standard InChI is InChI=1S/C15H19FN2OS/c1-10(17-8-15-11(2)18-9-20-15)7-14(19)12-3-5-13(16)6-4-12/h3-6,9-10,14,17,19H,7-8H2,1-2H3/t10-,14-/m1/s1. The Morgan fingerprint density at radius 1 is 1.35 bits per heavy atom. The molecule has 2 N–H and O–H groups in total. The number of halogens is 1. The first-order chi connectivity index (χ1) is 9.56. The highest BCUT2D eigenvalue weighted by molar-refractivity contribution is 7.09. The molecule has 0 saturated heterocycles. The molecule has 1 aromatic carbocycles. The average molecular weight is 294 g/mol. The van der Waals surface area contributed by atoms with Crippen LogP contribution in [0.25, 0.3) is 0 Å². The van der Waals surface area contributed by atoms with Gasteiger partial charge >= 0.3 is 0 Å². The third-order valence-electron chi connectivity index (χ3n) is 3.29. The zero-order valence-corrected chi connectivity index (χ0v) is 12.5. The number of hydrogen-bond donors (Lipinski definition) is 2. The van der Waals surface area contributed by atoms with Gasteiger partial charge in [0.25, 0.3) is 0 Å². The number of rotatable bonds is 6. The first-order valence-corrected chi connectivity index (χ1v) is 7.50. The molecule has 1 aromatic heterocycles. The monoisotopic (exact) mass is 294 g/mol. The highest BCUT2D eigenvalue weighted by Gasteiger charge is 2.13. The van der Waals surface area contributed by atoms with Crippen molar-refractivity contribution in [1.29, 1.82) is 0 Å². The van der Waals surface area contributed by atoms with Crippen LogP contribution in [0.4, 0.5) is 4.39 Å². The smallest absolute Gasteiger partial charge is 0.123 e. The maximum atomic E-state index is 12.8. The third kappa shape index (κ3) is 4.10. The summed E-state index contributed by atoms with van der Waals surface area (Å²) in [6.45, 7) is 4.78. The first kappa shape index (κ1) is 15.1. The minimum Gasteiger partial charge on any atom is -0.388 e. The van der Waals surface area contributed by atoms with Crippen LogP contribution in [0.5, 0.6) is 0 Å². The Kier molecular flexibility index (Phi) is 5.23. The number of hydrogen-bond acceptors (Lipinski definition) is 4. The number of benzene rings is 1. The lowest BCUT2D eigenvalue weighted by molar-refractivity contribution is 0.154. The van der Waals surface area contributed by atoms with Crippen molar-refractivity contribution in [2.24, 2.45) is 0 Å². The molecular formula is C15H19FN2OS. The van der Waals surface area contributed by atoms with Crippen LogP contribution in [0.15, 0.2) is 29.8 Å². The lowest BCUT2D eigenvalue weighted by Crippen LogP contribution is -2.27. The number of aliphatic hydroxyl groups excluding tert-OH is 1. The van der Waals surface area contributed by atoms with E-state index >= 15 is 0 Å². The summed E-state index contributed by atoms with van der Waals surface area (Å²) in [5.41, 5.74) is 3.63. The predicted octanol–water partition coefficient (Wildman–Crippen LogP) is 3.19. The average Bonchev–Trinajstić information content (AvgIpc) is 2.82. The lowest BCUT2D eigenvalue weighted by Gasteiger charge is -2.18. The molecule has 3 nitrogen and oxygen atoms in total. The molecule has 2 rings (SSSR count). The van der Waals surface area contributed by atoms with Crippen LogP contribution in [0.2, 0.25) is 0 Å². The van der Waals surface area contributed by atoms with E-state index in [1.807, 2.05) is 19.4 Å². The Bertz CT molecular complexity index is 541. The van der Waals surface area contributed by atoms with Gasteiger partial charge in [0.1, 0.15) is 5.82 Å². The summed E-state index contributed by atoms with van der Waals surface area (Å²) in [6, 6.07) is 6.16. The van der Waals surface area contributed by atoms with E-state index in [4.69, 9.17) is 0 Å². The molecule has 0 aliphatic heterocycles. The van der Waals surface area contributed by atoms with Gasteiger partial charge in [0.2, 0.25) is 0 Å². The van der Waals surface area contributed by atoms with E-state index < -0.39 is 6.10 Å². The van der Waals surface area contributed by atoms with Crippen molar-refractivity contribution >= 4 is 11.3 Å². The predicted molar refractivity (Wildman–Crippen MR) is 79.1 cm³/mol. The fraction of sp³-hybridized carbons (Fsp3) is 0.400. The zero-order chi connectivity index (χ0) is 14.5. The normalized spacial score (nSPS) is 14.2. The maximum absolute atomic E-state index is 12.8. The minimum absolute atomic E-state index is 0.163. The SMILES string of the molecule is Cc1ncsc1CN[C@H](C)C[C@@H](O)c1ccc(F)cc1. The number of aliphatic hydroxyl groups is 1. The summed E-state index contributed by atoms with van der Waals surface area (Å²) in [4.78, 5) is 5.42. The molecule has 2 aromatic rings. The van der Waals surface area contributed by atoms with Crippen LogP contribution in [0, 0.1) is 12.7 Å². The molecular weight excluding hydrogens is 275 g/mol. The van der Waals surface area contributed by atoms with Crippen LogP contribution in [0.1, 0.15) is 35.6 Å². The Morgan fingerprint density at radius 3 is 2.65 bits per heavy atom. The second kappa shape index (κ2) is 6.92. The van der Waals surface area contributed by atoms with Crippen molar-refractivity contribution in [3.8, 4) is 0 Å². The number of nitrogens with zero attached hydrogens (tertiary/aromatic N) is 1. The molecule has 0 saturated carbocycles. The Balaban J connectivity index is 1.83. The number of aromatic nitrogens is 1. The van der Waals surface area contributed by atoms with E-state index in [1.54, 1.807) is 23.5 Å². The minimum atomic E-state index is -0.583. The van der Waals surface area contributed by atoms with E-state index in [0.717, 1.165) is 17.8 Å². The van der Waals surface area contributed by atoms with Crippen LogP contribution >= 0.6 is 11.3 Å². The number of nitrogens with one attached hydrogen (secondary N) is 1. The van der Waals surface area contributed by atoms with E-state index in [1.165, 1.54) is 17.0 Å². The molecule has 108 valence electrons. The topological polar surface area (TPSA) is 45.2 Å². The van der Waals surface area contributed by atoms with Crippen LogP contribution in [0.3, 0.4) is 0 Å². The van der Waals surface area contributed by atoms with Crippen molar-refractivity contribution in [3.63, 3.8) is 0 Å². The van der Waals surface area contributed by atoms with Gasteiger partial charge < -0.3 is 10.4 Å². The van der Waals surface area contributed by atoms with Gasteiger partial charge in [-0.1, -0.05) is 12.1 Å². The number of aryl methyl sites for hydroxylation is 1. The van der Waals surface area contributed by atoms with E-state index in [0.29, 0.717) is 6.42 Å². The van der Waals surface area contributed by atoms with Crippen LogP contribution < -0.4 is 5.32 Å². The second-order valence-corrected chi connectivity index (χ2v) is 5.89. The largest absolute Gasteiger partial charge is 0.388 e. The van der Waals surface area contributed by atoms with E-state index in [-0.39, 0.29) is 11.9 Å². The summed E-state index contributed by atoms with van der Waals surface area (Å²) in [5, 5.41) is 13.5. The summed E-state index contributed by atoms with van der Waals surface area (Å²) in [6.07, 6.45) is 0.00407. The van der Waals surface area contributed by atoms with Gasteiger partial charge in [-0.25, -0.2) is 9.37 Å². The zero-order valence-electron chi connectivity index (χ0n) is 11.6. The first-order valence-electron chi connectivity index (χ1n) is 6.62. The Labute approximate surface area is 122 Å². The molecule has 5 heteroatoms. The summed E-state index contributed by atoms with van der Waals surface area (Å²) >= 11 is 1.63. The second-order valence-electron chi connectivity index (χ2n) is 4.95. The van der Waals surface area contributed by atoms with Crippen molar-refractivity contribution in [3.05, 3.63) is 51.7 Å². The fourth-order valence-corrected chi connectivity index (χ4v) is 2.73. The van der Waals surface area contributed by atoms with Crippen molar-refractivity contribution < 1.29 is 9.50 Å². The maximum Gasteiger partial charge on any atom is 0.123 e. The molecule has 0 unspecified atom stereocenters. The molecule has 0 radical (unpaired) electrons. The third-order valence-corrected chi connectivity index (χ3v) is 4.22.